The van der Waals surface area contributed by atoms with E-state index in [9.17, 15) is 0 Å². The number of rotatable bonds is 2. The molecule has 2 N–H and O–H groups in total. The lowest BCUT2D eigenvalue weighted by atomic mass is 9.88. The first-order valence-corrected chi connectivity index (χ1v) is 6.96. The van der Waals surface area contributed by atoms with Crippen LogP contribution in [0.15, 0.2) is 18.2 Å². The summed E-state index contributed by atoms with van der Waals surface area (Å²) in [6, 6.07) is 5.85. The van der Waals surface area contributed by atoms with Gasteiger partial charge in [-0.1, -0.05) is 13.3 Å². The average Bonchev–Trinajstić information content (AvgIpc) is 2.25. The molecule has 0 aliphatic heterocycles. The number of nitrogen functional groups attached to an aromatic ring is 1. The van der Waals surface area contributed by atoms with Crippen molar-refractivity contribution in [3.05, 3.63) is 21.8 Å². The number of halogens is 1. The Morgan fingerprint density at radius 3 is 2.75 bits per heavy atom. The minimum absolute atomic E-state index is 0.380. The molecule has 0 spiro atoms. The van der Waals surface area contributed by atoms with Gasteiger partial charge < -0.3 is 10.5 Å². The van der Waals surface area contributed by atoms with Crippen molar-refractivity contribution in [2.75, 3.05) is 5.73 Å². The average molecular weight is 331 g/mol. The molecule has 88 valence electrons. The van der Waals surface area contributed by atoms with Crippen LogP contribution in [0, 0.1) is 9.49 Å². The number of anilines is 1. The minimum atomic E-state index is 0.380. The molecule has 0 bridgehead atoms. The Hall–Kier alpha value is -0.450. The summed E-state index contributed by atoms with van der Waals surface area (Å²) < 4.78 is 7.20. The molecule has 2 rings (SSSR count). The van der Waals surface area contributed by atoms with E-state index in [1.54, 1.807) is 0 Å². The first kappa shape index (κ1) is 12.0. The van der Waals surface area contributed by atoms with Crippen LogP contribution < -0.4 is 10.5 Å². The minimum Gasteiger partial charge on any atom is -0.489 e. The van der Waals surface area contributed by atoms with E-state index in [1.165, 1.54) is 25.7 Å². The van der Waals surface area contributed by atoms with Crippen LogP contribution in [0.1, 0.15) is 32.6 Å². The molecule has 0 heterocycles. The van der Waals surface area contributed by atoms with Gasteiger partial charge in [0.25, 0.3) is 0 Å². The Balaban J connectivity index is 2.07. The number of benzene rings is 1. The third-order valence-electron chi connectivity index (χ3n) is 3.27. The van der Waals surface area contributed by atoms with Crippen molar-refractivity contribution in [2.45, 2.75) is 38.7 Å². The first-order valence-electron chi connectivity index (χ1n) is 5.88. The predicted octanol–water partition coefficient (Wildman–Crippen LogP) is 3.83. The molecule has 1 saturated carbocycles. The lowest BCUT2D eigenvalue weighted by Gasteiger charge is -2.29. The van der Waals surface area contributed by atoms with E-state index >= 15 is 0 Å². The van der Waals surface area contributed by atoms with Crippen molar-refractivity contribution < 1.29 is 4.74 Å². The molecule has 0 aromatic heterocycles. The van der Waals surface area contributed by atoms with Gasteiger partial charge in [-0.25, -0.2) is 0 Å². The zero-order chi connectivity index (χ0) is 11.5. The van der Waals surface area contributed by atoms with Gasteiger partial charge in [0.15, 0.2) is 0 Å². The topological polar surface area (TPSA) is 35.2 Å². The van der Waals surface area contributed by atoms with Crippen LogP contribution in [0.25, 0.3) is 0 Å². The Labute approximate surface area is 111 Å². The molecular formula is C13H18INO. The van der Waals surface area contributed by atoms with E-state index in [0.717, 1.165) is 15.0 Å². The van der Waals surface area contributed by atoms with Crippen LogP contribution in [0.4, 0.5) is 5.69 Å². The maximum Gasteiger partial charge on any atom is 0.133 e. The van der Waals surface area contributed by atoms with Crippen LogP contribution in [0.3, 0.4) is 0 Å². The Kier molecular flexibility index (Phi) is 3.95. The monoisotopic (exact) mass is 331 g/mol. The van der Waals surface area contributed by atoms with E-state index in [4.69, 9.17) is 10.5 Å². The van der Waals surface area contributed by atoms with Gasteiger partial charge in [0.05, 0.1) is 3.57 Å². The zero-order valence-electron chi connectivity index (χ0n) is 9.58. The van der Waals surface area contributed by atoms with Crippen molar-refractivity contribution in [3.8, 4) is 5.75 Å². The number of ether oxygens (including phenoxy) is 1. The lowest BCUT2D eigenvalue weighted by molar-refractivity contribution is 0.102. The summed E-state index contributed by atoms with van der Waals surface area (Å²) in [5.41, 5.74) is 6.53. The fourth-order valence-electron chi connectivity index (χ4n) is 2.23. The van der Waals surface area contributed by atoms with Crippen molar-refractivity contribution >= 4 is 28.3 Å². The second-order valence-electron chi connectivity index (χ2n) is 4.61. The molecule has 1 aromatic carbocycles. The molecule has 0 saturated heterocycles. The number of hydrogen-bond donors (Lipinski definition) is 1. The third kappa shape index (κ3) is 2.81. The molecule has 2 atom stereocenters. The molecule has 1 aliphatic carbocycles. The quantitative estimate of drug-likeness (QED) is 0.660. The van der Waals surface area contributed by atoms with Gasteiger partial charge in [-0.15, -0.1) is 0 Å². The highest BCUT2D eigenvalue weighted by Gasteiger charge is 2.23. The second-order valence-corrected chi connectivity index (χ2v) is 5.77. The Bertz CT molecular complexity index is 367. The highest BCUT2D eigenvalue weighted by atomic mass is 127. The fourth-order valence-corrected chi connectivity index (χ4v) is 2.90. The summed E-state index contributed by atoms with van der Waals surface area (Å²) in [4.78, 5) is 0. The summed E-state index contributed by atoms with van der Waals surface area (Å²) >= 11 is 2.28. The van der Waals surface area contributed by atoms with Gasteiger partial charge in [-0.05, 0) is 66.0 Å². The largest absolute Gasteiger partial charge is 0.489 e. The van der Waals surface area contributed by atoms with Gasteiger partial charge in [0, 0.05) is 5.69 Å². The summed E-state index contributed by atoms with van der Waals surface area (Å²) in [5, 5.41) is 0. The fraction of sp³-hybridized carbons (Fsp3) is 0.538. The first-order chi connectivity index (χ1) is 7.66. The molecule has 1 fully saturated rings. The molecule has 1 aromatic rings. The van der Waals surface area contributed by atoms with Crippen molar-refractivity contribution in [1.29, 1.82) is 0 Å². The standard InChI is InChI=1S/C13H18INO/c1-9-4-2-3-5-12(9)16-13-7-6-10(15)8-11(13)14/h6-9,12H,2-5,15H2,1H3. The van der Waals surface area contributed by atoms with Crippen LogP contribution >= 0.6 is 22.6 Å². The third-order valence-corrected chi connectivity index (χ3v) is 4.11. The van der Waals surface area contributed by atoms with E-state index in [-0.39, 0.29) is 0 Å². The van der Waals surface area contributed by atoms with Gasteiger partial charge in [-0.3, -0.25) is 0 Å². The summed E-state index contributed by atoms with van der Waals surface area (Å²) in [7, 11) is 0. The van der Waals surface area contributed by atoms with E-state index in [1.807, 2.05) is 18.2 Å². The van der Waals surface area contributed by atoms with E-state index in [0.29, 0.717) is 12.0 Å². The van der Waals surface area contributed by atoms with Crippen LogP contribution in [0.2, 0.25) is 0 Å². The molecule has 0 amide bonds. The van der Waals surface area contributed by atoms with Gasteiger partial charge in [0.1, 0.15) is 11.9 Å². The molecule has 1 aliphatic rings. The second kappa shape index (κ2) is 5.25. The molecule has 2 nitrogen and oxygen atoms in total. The van der Waals surface area contributed by atoms with Crippen molar-refractivity contribution in [2.24, 2.45) is 5.92 Å². The normalized spacial score (nSPS) is 25.4. The Morgan fingerprint density at radius 1 is 1.31 bits per heavy atom. The molecular weight excluding hydrogens is 313 g/mol. The Morgan fingerprint density at radius 2 is 2.06 bits per heavy atom. The molecule has 16 heavy (non-hydrogen) atoms. The summed E-state index contributed by atoms with van der Waals surface area (Å²) in [5.74, 6) is 1.65. The number of hydrogen-bond acceptors (Lipinski definition) is 2. The molecule has 2 unspecified atom stereocenters. The van der Waals surface area contributed by atoms with Crippen molar-refractivity contribution in [3.63, 3.8) is 0 Å². The maximum atomic E-state index is 6.09. The van der Waals surface area contributed by atoms with E-state index < -0.39 is 0 Å². The lowest BCUT2D eigenvalue weighted by Crippen LogP contribution is -2.28. The highest BCUT2D eigenvalue weighted by Crippen LogP contribution is 2.30. The predicted molar refractivity (Wildman–Crippen MR) is 75.6 cm³/mol. The van der Waals surface area contributed by atoms with Crippen LogP contribution in [-0.2, 0) is 0 Å². The van der Waals surface area contributed by atoms with Gasteiger partial charge in [-0.2, -0.15) is 0 Å². The number of nitrogens with two attached hydrogens (primary N) is 1. The molecule has 0 radical (unpaired) electrons. The highest BCUT2D eigenvalue weighted by molar-refractivity contribution is 14.1. The van der Waals surface area contributed by atoms with Crippen LogP contribution in [-0.4, -0.2) is 6.10 Å². The maximum absolute atomic E-state index is 6.09. The summed E-state index contributed by atoms with van der Waals surface area (Å²) in [6.45, 7) is 2.29. The van der Waals surface area contributed by atoms with Gasteiger partial charge >= 0.3 is 0 Å². The van der Waals surface area contributed by atoms with Crippen molar-refractivity contribution in [1.82, 2.24) is 0 Å². The van der Waals surface area contributed by atoms with Crippen LogP contribution in [0.5, 0.6) is 5.75 Å². The SMILES string of the molecule is CC1CCCCC1Oc1ccc(N)cc1I. The van der Waals surface area contributed by atoms with E-state index in [2.05, 4.69) is 29.5 Å². The zero-order valence-corrected chi connectivity index (χ0v) is 11.7. The smallest absolute Gasteiger partial charge is 0.133 e. The summed E-state index contributed by atoms with van der Waals surface area (Å²) in [6.07, 6.45) is 5.49. The molecule has 3 heteroatoms. The van der Waals surface area contributed by atoms with Gasteiger partial charge in [0.2, 0.25) is 0 Å².